The molecule has 48 heavy (non-hydrogen) atoms. The highest BCUT2D eigenvalue weighted by Crippen LogP contribution is 2.41. The summed E-state index contributed by atoms with van der Waals surface area (Å²) in [5, 5.41) is 2.65. The number of hydrogen-bond acceptors (Lipinski definition) is 2. The van der Waals surface area contributed by atoms with E-state index in [0.29, 0.717) is 0 Å². The quantitative estimate of drug-likeness (QED) is 0.150. The zero-order chi connectivity index (χ0) is 33.3. The minimum absolute atomic E-state index is 1.11. The second-order valence-electron chi connectivity index (χ2n) is 11.5. The fourth-order valence-electron chi connectivity index (χ4n) is 5.93. The molecule has 7 rings (SSSR count). The molecular formula is C46H39NS. The SMILES string of the molecule is C=C/C=C(\C)c1ccc(N(c2ccc(-c3ccccc3)cc2)c2ccc(-c3cccc4c3sc3ccccc34)cc2)cc1.C=C/C=C\C. The number of rotatable bonds is 8. The second-order valence-corrected chi connectivity index (χ2v) is 12.5. The number of allylic oxidation sites excluding steroid dienone is 6. The third kappa shape index (κ3) is 7.00. The first-order valence-corrected chi connectivity index (χ1v) is 17.0. The zero-order valence-electron chi connectivity index (χ0n) is 27.5. The topological polar surface area (TPSA) is 3.24 Å². The van der Waals surface area contributed by atoms with Gasteiger partial charge in [-0.1, -0.05) is 147 Å². The molecule has 0 saturated carbocycles. The van der Waals surface area contributed by atoms with E-state index in [-0.39, 0.29) is 0 Å². The van der Waals surface area contributed by atoms with Crippen LogP contribution in [0.25, 0.3) is 48.0 Å². The van der Waals surface area contributed by atoms with Crippen LogP contribution in [-0.4, -0.2) is 0 Å². The Kier molecular flexibility index (Phi) is 10.3. The van der Waals surface area contributed by atoms with Crippen molar-refractivity contribution >= 4 is 54.1 Å². The van der Waals surface area contributed by atoms with E-state index < -0.39 is 0 Å². The Morgan fingerprint density at radius 3 is 1.73 bits per heavy atom. The molecule has 1 heterocycles. The van der Waals surface area contributed by atoms with Crippen LogP contribution >= 0.6 is 11.3 Å². The van der Waals surface area contributed by atoms with Gasteiger partial charge in [0, 0.05) is 37.2 Å². The lowest BCUT2D eigenvalue weighted by molar-refractivity contribution is 1.28. The number of anilines is 3. The van der Waals surface area contributed by atoms with E-state index in [9.17, 15) is 0 Å². The molecule has 0 saturated heterocycles. The Labute approximate surface area is 288 Å². The molecule has 0 unspecified atom stereocenters. The van der Waals surface area contributed by atoms with Gasteiger partial charge in [-0.3, -0.25) is 0 Å². The van der Waals surface area contributed by atoms with E-state index in [1.54, 1.807) is 6.08 Å². The predicted molar refractivity (Wildman–Crippen MR) is 214 cm³/mol. The summed E-state index contributed by atoms with van der Waals surface area (Å²) in [5.41, 5.74) is 10.7. The van der Waals surface area contributed by atoms with Crippen LogP contribution in [0.1, 0.15) is 19.4 Å². The molecule has 0 fully saturated rings. The van der Waals surface area contributed by atoms with Crippen LogP contribution in [0.5, 0.6) is 0 Å². The molecule has 0 radical (unpaired) electrons. The monoisotopic (exact) mass is 637 g/mol. The van der Waals surface area contributed by atoms with Gasteiger partial charge in [0.2, 0.25) is 0 Å². The standard InChI is InChI=1S/C41H31NS.C5H8/c1-3-10-29(2)30-17-23-34(24-18-30)42(35-25-19-32(20-26-35)31-11-5-4-6-12-31)36-27-21-33(22-28-36)37-14-9-15-39-38-13-7-8-16-40(38)43-41(37)39;1-3-5-4-2/h3-28H,1H2,2H3;3-5H,1H2,2H3/b29-10+;5-4-. The molecule has 6 aromatic carbocycles. The number of nitrogens with zero attached hydrogens (tertiary/aromatic N) is 1. The molecule has 0 amide bonds. The highest BCUT2D eigenvalue weighted by Gasteiger charge is 2.15. The maximum atomic E-state index is 3.85. The van der Waals surface area contributed by atoms with E-state index in [4.69, 9.17) is 0 Å². The molecule has 234 valence electrons. The lowest BCUT2D eigenvalue weighted by Crippen LogP contribution is -2.09. The van der Waals surface area contributed by atoms with E-state index >= 15 is 0 Å². The van der Waals surface area contributed by atoms with Crippen molar-refractivity contribution < 1.29 is 0 Å². The first-order valence-electron chi connectivity index (χ1n) is 16.2. The fraction of sp³-hybridized carbons (Fsp3) is 0.0435. The van der Waals surface area contributed by atoms with Crippen molar-refractivity contribution in [1.82, 2.24) is 0 Å². The van der Waals surface area contributed by atoms with Crippen molar-refractivity contribution in [2.75, 3.05) is 4.90 Å². The zero-order valence-corrected chi connectivity index (χ0v) is 28.3. The van der Waals surface area contributed by atoms with Crippen molar-refractivity contribution in [3.8, 4) is 22.3 Å². The van der Waals surface area contributed by atoms with E-state index in [1.165, 1.54) is 53.6 Å². The van der Waals surface area contributed by atoms with Crippen LogP contribution < -0.4 is 4.90 Å². The first-order chi connectivity index (χ1) is 23.6. The minimum atomic E-state index is 1.11. The van der Waals surface area contributed by atoms with E-state index in [0.717, 1.165) is 17.1 Å². The van der Waals surface area contributed by atoms with Crippen molar-refractivity contribution in [3.05, 3.63) is 195 Å². The highest BCUT2D eigenvalue weighted by atomic mass is 32.1. The van der Waals surface area contributed by atoms with Gasteiger partial charge in [0.15, 0.2) is 0 Å². The number of hydrogen-bond donors (Lipinski definition) is 0. The molecule has 1 aromatic heterocycles. The maximum absolute atomic E-state index is 3.85. The minimum Gasteiger partial charge on any atom is -0.311 e. The Morgan fingerprint density at radius 2 is 1.12 bits per heavy atom. The third-order valence-electron chi connectivity index (χ3n) is 8.35. The summed E-state index contributed by atoms with van der Waals surface area (Å²) in [7, 11) is 0. The van der Waals surface area contributed by atoms with Crippen molar-refractivity contribution in [1.29, 1.82) is 0 Å². The van der Waals surface area contributed by atoms with Gasteiger partial charge in [-0.15, -0.1) is 11.3 Å². The Balaban J connectivity index is 0.000000749. The molecular weight excluding hydrogens is 599 g/mol. The van der Waals surface area contributed by atoms with Gasteiger partial charge in [0.05, 0.1) is 0 Å². The number of thiophene rings is 1. The molecule has 7 aromatic rings. The lowest BCUT2D eigenvalue weighted by atomic mass is 10.0. The smallest absolute Gasteiger partial charge is 0.0462 e. The van der Waals surface area contributed by atoms with Gasteiger partial charge in [-0.2, -0.15) is 0 Å². The third-order valence-corrected chi connectivity index (χ3v) is 9.57. The van der Waals surface area contributed by atoms with Gasteiger partial charge in [0.1, 0.15) is 0 Å². The second kappa shape index (κ2) is 15.3. The lowest BCUT2D eigenvalue weighted by Gasteiger charge is -2.26. The van der Waals surface area contributed by atoms with Gasteiger partial charge in [0.25, 0.3) is 0 Å². The number of benzene rings is 6. The van der Waals surface area contributed by atoms with Gasteiger partial charge < -0.3 is 4.90 Å². The fourth-order valence-corrected chi connectivity index (χ4v) is 7.17. The van der Waals surface area contributed by atoms with Crippen molar-refractivity contribution in [2.24, 2.45) is 0 Å². The molecule has 0 spiro atoms. The summed E-state index contributed by atoms with van der Waals surface area (Å²) in [6.45, 7) is 11.4. The van der Waals surface area contributed by atoms with Crippen LogP contribution in [-0.2, 0) is 0 Å². The van der Waals surface area contributed by atoms with Gasteiger partial charge >= 0.3 is 0 Å². The molecule has 2 heteroatoms. The molecule has 0 aliphatic heterocycles. The molecule has 1 nitrogen and oxygen atoms in total. The van der Waals surface area contributed by atoms with Gasteiger partial charge in [-0.25, -0.2) is 0 Å². The molecule has 0 N–H and O–H groups in total. The summed E-state index contributed by atoms with van der Waals surface area (Å²) in [6.07, 6.45) is 9.46. The average molecular weight is 638 g/mol. The van der Waals surface area contributed by atoms with E-state index in [2.05, 4.69) is 171 Å². The maximum Gasteiger partial charge on any atom is 0.0462 e. The summed E-state index contributed by atoms with van der Waals surface area (Å²) in [5.74, 6) is 0. The summed E-state index contributed by atoms with van der Waals surface area (Å²) >= 11 is 1.87. The molecule has 0 aliphatic carbocycles. The molecule has 0 aliphatic rings. The Bertz CT molecular complexity index is 2200. The first kappa shape index (κ1) is 32.2. The highest BCUT2D eigenvalue weighted by molar-refractivity contribution is 7.26. The summed E-state index contributed by atoms with van der Waals surface area (Å²) in [6, 6.07) is 52.5. The predicted octanol–water partition coefficient (Wildman–Crippen LogP) is 14.2. The Morgan fingerprint density at radius 1 is 0.562 bits per heavy atom. The average Bonchev–Trinajstić information content (AvgIpc) is 3.53. The van der Waals surface area contributed by atoms with Gasteiger partial charge in [-0.05, 0) is 89.7 Å². The number of fused-ring (bicyclic) bond motifs is 3. The van der Waals surface area contributed by atoms with Crippen LogP contribution in [0.3, 0.4) is 0 Å². The van der Waals surface area contributed by atoms with Crippen LogP contribution in [0.4, 0.5) is 17.1 Å². The van der Waals surface area contributed by atoms with Crippen LogP contribution in [0.2, 0.25) is 0 Å². The Hall–Kier alpha value is -5.70. The molecule has 0 bridgehead atoms. The molecule has 0 atom stereocenters. The summed E-state index contributed by atoms with van der Waals surface area (Å²) in [4.78, 5) is 2.33. The van der Waals surface area contributed by atoms with Crippen molar-refractivity contribution in [3.63, 3.8) is 0 Å². The van der Waals surface area contributed by atoms with E-state index in [1.807, 2.05) is 42.6 Å². The van der Waals surface area contributed by atoms with Crippen LogP contribution in [0.15, 0.2) is 189 Å². The van der Waals surface area contributed by atoms with Crippen molar-refractivity contribution in [2.45, 2.75) is 13.8 Å². The largest absolute Gasteiger partial charge is 0.311 e. The normalized spacial score (nSPS) is 11.3. The van der Waals surface area contributed by atoms with Crippen LogP contribution in [0, 0.1) is 0 Å². The summed E-state index contributed by atoms with van der Waals surface area (Å²) < 4.78 is 2.66.